The lowest BCUT2D eigenvalue weighted by Gasteiger charge is -2.08. The van der Waals surface area contributed by atoms with Crippen LogP contribution in [0.15, 0.2) is 59.8 Å². The zero-order valence-corrected chi connectivity index (χ0v) is 13.4. The summed E-state index contributed by atoms with van der Waals surface area (Å²) in [5.74, 6) is -1.24. The fourth-order valence-electron chi connectivity index (χ4n) is 2.34. The van der Waals surface area contributed by atoms with E-state index in [4.69, 9.17) is 4.74 Å². The maximum absolute atomic E-state index is 11.9. The Morgan fingerprint density at radius 2 is 1.84 bits per heavy atom. The monoisotopic (exact) mass is 336 g/mol. The highest BCUT2D eigenvalue weighted by molar-refractivity contribution is 6.39. The van der Waals surface area contributed by atoms with Gasteiger partial charge in [0.2, 0.25) is 0 Å². The van der Waals surface area contributed by atoms with Gasteiger partial charge in [0.25, 0.3) is 0 Å². The fraction of sp³-hybridized carbons (Fsp3) is 0.0556. The van der Waals surface area contributed by atoms with Crippen molar-refractivity contribution in [1.29, 1.82) is 0 Å². The zero-order valence-electron chi connectivity index (χ0n) is 13.4. The van der Waals surface area contributed by atoms with Crippen LogP contribution in [0.5, 0.6) is 5.75 Å². The number of fused-ring (bicyclic) bond motifs is 1. The van der Waals surface area contributed by atoms with Crippen LogP contribution in [-0.4, -0.2) is 30.1 Å². The van der Waals surface area contributed by atoms with Crippen LogP contribution >= 0.6 is 0 Å². The molecule has 0 spiro atoms. The van der Waals surface area contributed by atoms with Crippen molar-refractivity contribution in [1.82, 2.24) is 10.4 Å². The maximum atomic E-state index is 11.9. The molecule has 0 atom stereocenters. The van der Waals surface area contributed by atoms with E-state index < -0.39 is 11.8 Å². The molecule has 0 aliphatic heterocycles. The van der Waals surface area contributed by atoms with Crippen molar-refractivity contribution in [3.63, 3.8) is 0 Å². The van der Waals surface area contributed by atoms with E-state index in [2.05, 4.69) is 20.8 Å². The molecule has 3 aromatic rings. The quantitative estimate of drug-likeness (QED) is 0.387. The number of carbonyl (C=O) groups is 2. The first-order valence-electron chi connectivity index (χ1n) is 7.52. The number of ether oxygens (including phenoxy) is 1. The largest absolute Gasteiger partial charge is 0.495 e. The van der Waals surface area contributed by atoms with Crippen LogP contribution in [0.4, 0.5) is 5.69 Å². The van der Waals surface area contributed by atoms with Crippen molar-refractivity contribution in [2.24, 2.45) is 5.10 Å². The van der Waals surface area contributed by atoms with E-state index in [1.54, 1.807) is 30.5 Å². The second-order valence-corrected chi connectivity index (χ2v) is 5.14. The molecular weight excluding hydrogens is 320 g/mol. The summed E-state index contributed by atoms with van der Waals surface area (Å²) in [7, 11) is 1.48. The normalized spacial score (nSPS) is 10.8. The molecule has 2 aromatic carbocycles. The Bertz CT molecular complexity index is 946. The molecule has 0 unspecified atom stereocenters. The van der Waals surface area contributed by atoms with Crippen molar-refractivity contribution in [2.75, 3.05) is 12.4 Å². The smallest absolute Gasteiger partial charge is 0.329 e. The van der Waals surface area contributed by atoms with Crippen molar-refractivity contribution in [3.05, 3.63) is 60.3 Å². The average Bonchev–Trinajstić information content (AvgIpc) is 3.05. The van der Waals surface area contributed by atoms with Crippen LogP contribution in [0.2, 0.25) is 0 Å². The number of para-hydroxylation sites is 3. The summed E-state index contributed by atoms with van der Waals surface area (Å²) in [4.78, 5) is 26.9. The van der Waals surface area contributed by atoms with Gasteiger partial charge in [0.1, 0.15) is 5.75 Å². The van der Waals surface area contributed by atoms with E-state index in [1.807, 2.05) is 24.3 Å². The number of nitrogens with one attached hydrogen (secondary N) is 3. The number of hydrogen-bond acceptors (Lipinski definition) is 4. The van der Waals surface area contributed by atoms with Crippen molar-refractivity contribution in [2.45, 2.75) is 0 Å². The Balaban J connectivity index is 1.63. The summed E-state index contributed by atoms with van der Waals surface area (Å²) in [5.41, 5.74) is 4.38. The molecule has 2 amide bonds. The molecule has 1 aromatic heterocycles. The van der Waals surface area contributed by atoms with Gasteiger partial charge >= 0.3 is 11.8 Å². The number of benzene rings is 2. The summed E-state index contributed by atoms with van der Waals surface area (Å²) in [6.45, 7) is 0. The number of nitrogens with zero attached hydrogens (tertiary/aromatic N) is 1. The van der Waals surface area contributed by atoms with Gasteiger partial charge in [-0.25, -0.2) is 5.43 Å². The summed E-state index contributed by atoms with van der Waals surface area (Å²) in [6.07, 6.45) is 3.25. The first-order valence-corrected chi connectivity index (χ1v) is 7.52. The van der Waals surface area contributed by atoms with Crippen molar-refractivity contribution in [3.8, 4) is 5.75 Å². The molecule has 0 saturated carbocycles. The van der Waals surface area contributed by atoms with Gasteiger partial charge in [0.15, 0.2) is 0 Å². The van der Waals surface area contributed by atoms with Gasteiger partial charge in [0, 0.05) is 22.7 Å². The lowest BCUT2D eigenvalue weighted by Crippen LogP contribution is -2.32. The molecule has 3 rings (SSSR count). The SMILES string of the molecule is COc1ccccc1NC(=O)C(=O)NN=Cc1c[nH]c2ccccc12. The van der Waals surface area contributed by atoms with E-state index in [-0.39, 0.29) is 0 Å². The Labute approximate surface area is 143 Å². The Kier molecular flexibility index (Phi) is 4.75. The number of carbonyl (C=O) groups excluding carboxylic acids is 2. The van der Waals surface area contributed by atoms with Crippen LogP contribution < -0.4 is 15.5 Å². The number of anilines is 1. The second-order valence-electron chi connectivity index (χ2n) is 5.14. The molecular formula is C18H16N4O3. The topological polar surface area (TPSA) is 95.6 Å². The Hall–Kier alpha value is -3.61. The lowest BCUT2D eigenvalue weighted by atomic mass is 10.2. The van der Waals surface area contributed by atoms with E-state index in [9.17, 15) is 9.59 Å². The molecule has 0 radical (unpaired) electrons. The summed E-state index contributed by atoms with van der Waals surface area (Å²) in [6, 6.07) is 14.5. The van der Waals surface area contributed by atoms with Gasteiger partial charge < -0.3 is 15.0 Å². The zero-order chi connectivity index (χ0) is 17.6. The first kappa shape index (κ1) is 16.3. The molecule has 0 fully saturated rings. The minimum atomic E-state index is -0.873. The van der Waals surface area contributed by atoms with Gasteiger partial charge in [-0.3, -0.25) is 9.59 Å². The van der Waals surface area contributed by atoms with E-state index >= 15 is 0 Å². The Morgan fingerprint density at radius 1 is 1.08 bits per heavy atom. The fourth-order valence-corrected chi connectivity index (χ4v) is 2.34. The van der Waals surface area contributed by atoms with Gasteiger partial charge in [-0.1, -0.05) is 30.3 Å². The van der Waals surface area contributed by atoms with Gasteiger partial charge in [-0.05, 0) is 18.2 Å². The minimum absolute atomic E-state index is 0.408. The molecule has 126 valence electrons. The molecule has 3 N–H and O–H groups in total. The predicted octanol–water partition coefficient (Wildman–Crippen LogP) is 2.27. The van der Waals surface area contributed by atoms with Crippen molar-refractivity contribution >= 4 is 34.6 Å². The standard InChI is InChI=1S/C18H16N4O3/c1-25-16-9-5-4-8-15(16)21-17(23)18(24)22-20-11-12-10-19-14-7-3-2-6-13(12)14/h2-11,19H,1H3,(H,21,23)(H,22,24). The second kappa shape index (κ2) is 7.31. The van der Waals surface area contributed by atoms with Crippen molar-refractivity contribution < 1.29 is 14.3 Å². The summed E-state index contributed by atoms with van der Waals surface area (Å²) in [5, 5.41) is 7.28. The molecule has 0 aliphatic carbocycles. The third kappa shape index (κ3) is 3.66. The molecule has 0 saturated heterocycles. The highest BCUT2D eigenvalue weighted by Gasteiger charge is 2.14. The molecule has 25 heavy (non-hydrogen) atoms. The maximum Gasteiger partial charge on any atom is 0.329 e. The van der Waals surface area contributed by atoms with Crippen LogP contribution in [0.1, 0.15) is 5.56 Å². The molecule has 7 heteroatoms. The number of aromatic nitrogens is 1. The summed E-state index contributed by atoms with van der Waals surface area (Å²) >= 11 is 0. The molecule has 7 nitrogen and oxygen atoms in total. The number of aromatic amines is 1. The third-order valence-corrected chi connectivity index (χ3v) is 3.55. The Morgan fingerprint density at radius 3 is 2.68 bits per heavy atom. The van der Waals surface area contributed by atoms with Crippen LogP contribution in [0.25, 0.3) is 10.9 Å². The number of H-pyrrole nitrogens is 1. The van der Waals surface area contributed by atoms with E-state index in [1.165, 1.54) is 13.3 Å². The van der Waals surface area contributed by atoms with Gasteiger partial charge in [-0.15, -0.1) is 0 Å². The molecule has 1 heterocycles. The highest BCUT2D eigenvalue weighted by atomic mass is 16.5. The van der Waals surface area contributed by atoms with E-state index in [0.717, 1.165) is 16.5 Å². The molecule has 0 bridgehead atoms. The predicted molar refractivity (Wildman–Crippen MR) is 95.7 cm³/mol. The van der Waals surface area contributed by atoms with Gasteiger partial charge in [0.05, 0.1) is 19.0 Å². The number of methoxy groups -OCH3 is 1. The number of hydrogen-bond donors (Lipinski definition) is 3. The van der Waals surface area contributed by atoms with Crippen LogP contribution in [0, 0.1) is 0 Å². The minimum Gasteiger partial charge on any atom is -0.495 e. The number of rotatable bonds is 4. The number of hydrazone groups is 1. The third-order valence-electron chi connectivity index (χ3n) is 3.55. The van der Waals surface area contributed by atoms with E-state index in [0.29, 0.717) is 11.4 Å². The van der Waals surface area contributed by atoms with Gasteiger partial charge in [-0.2, -0.15) is 5.10 Å². The van der Waals surface area contributed by atoms with Crippen LogP contribution in [-0.2, 0) is 9.59 Å². The highest BCUT2D eigenvalue weighted by Crippen LogP contribution is 2.22. The first-order chi connectivity index (χ1) is 12.2. The molecule has 0 aliphatic rings. The lowest BCUT2D eigenvalue weighted by molar-refractivity contribution is -0.136. The average molecular weight is 336 g/mol. The summed E-state index contributed by atoms with van der Waals surface area (Å²) < 4.78 is 5.12. The van der Waals surface area contributed by atoms with Crippen LogP contribution in [0.3, 0.4) is 0 Å². The number of amides is 2.